The molecule has 0 atom stereocenters. The van der Waals surface area contributed by atoms with E-state index in [2.05, 4.69) is 15.9 Å². The second-order valence-electron chi connectivity index (χ2n) is 0.250. The average molecular weight is 195 g/mol. The van der Waals surface area contributed by atoms with E-state index in [1.165, 1.54) is 0 Å². The van der Waals surface area contributed by atoms with Crippen molar-refractivity contribution in [1.29, 1.82) is 0 Å². The zero-order valence-corrected chi connectivity index (χ0v) is 7.60. The molecule has 0 saturated carbocycles. The van der Waals surface area contributed by atoms with Gasteiger partial charge in [-0.15, -0.1) is 0 Å². The van der Waals surface area contributed by atoms with Crippen LogP contribution in [0.25, 0.3) is 0 Å². The third kappa shape index (κ3) is 173. The minimum atomic E-state index is -2.33. The maximum atomic E-state index is 8.33. The van der Waals surface area contributed by atoms with Crippen molar-refractivity contribution in [2.24, 2.45) is 0 Å². The van der Waals surface area contributed by atoms with Crippen LogP contribution in [0.2, 0.25) is 0 Å². The minimum absolute atomic E-state index is 0. The first-order valence-electron chi connectivity index (χ1n) is 0.990. The Bertz CT molecular complexity index is 35.9. The van der Waals surface area contributed by atoms with Crippen LogP contribution < -0.4 is 10.2 Å². The van der Waals surface area contributed by atoms with E-state index in [1.807, 2.05) is 5.83 Å². The molecule has 0 bridgehead atoms. The molecule has 38 valence electrons. The molecule has 0 radical (unpaired) electrons. The Morgan fingerprint density at radius 1 is 1.43 bits per heavy atom. The number of hydrogen-bond donors (Lipinski definition) is 0. The van der Waals surface area contributed by atoms with E-state index in [0.717, 1.165) is 0 Å². The number of hydrogen-bond acceptors (Lipinski definition) is 3. The molecule has 0 fully saturated rings. The van der Waals surface area contributed by atoms with E-state index in [1.54, 1.807) is 0 Å². The summed E-state index contributed by atoms with van der Waals surface area (Å²) >= 11 is 2.94. The van der Waals surface area contributed by atoms with Crippen LogP contribution in [0.5, 0.6) is 0 Å². The number of carbonyl (C=O) groups excluding carboxylic acids is 1. The molecular formula is C2H3BrCaO3. The first kappa shape index (κ1) is 15.7. The molecule has 0 heterocycles. The molecule has 0 saturated heterocycles. The van der Waals surface area contributed by atoms with Gasteiger partial charge in [-0.25, -0.2) is 0 Å². The second kappa shape index (κ2) is 15.7. The maximum Gasteiger partial charge on any atom is 2.00 e. The first-order valence-corrected chi connectivity index (χ1v) is 2.58. The fourth-order valence-electron chi connectivity index (χ4n) is 0. The fraction of sp³-hybridized carbons (Fsp3) is 0.500. The molecule has 0 aliphatic carbocycles. The van der Waals surface area contributed by atoms with Gasteiger partial charge in [-0.05, 0) is 12.0 Å². The van der Waals surface area contributed by atoms with Gasteiger partial charge >= 0.3 is 37.7 Å². The maximum absolute atomic E-state index is 8.33. The predicted octanol–water partition coefficient (Wildman–Crippen LogP) is -1.82. The molecule has 0 N–H and O–H groups in total. The molecule has 0 amide bonds. The Morgan fingerprint density at radius 2 is 1.43 bits per heavy atom. The van der Waals surface area contributed by atoms with E-state index in [4.69, 9.17) is 15.0 Å². The van der Waals surface area contributed by atoms with Crippen LogP contribution in [0.3, 0.4) is 0 Å². The van der Waals surface area contributed by atoms with Crippen LogP contribution in [-0.2, 0) is 0 Å². The molecule has 3 nitrogen and oxygen atoms in total. The van der Waals surface area contributed by atoms with Gasteiger partial charge in [0.15, 0.2) is 0 Å². The number of halogens is 1. The molecular weight excluding hydrogens is 192 g/mol. The van der Waals surface area contributed by atoms with Crippen LogP contribution in [0.15, 0.2) is 0 Å². The van der Waals surface area contributed by atoms with Gasteiger partial charge in [-0.3, -0.25) is 0 Å². The first-order chi connectivity index (χ1) is 2.73. The van der Waals surface area contributed by atoms with Crippen molar-refractivity contribution >= 4 is 59.8 Å². The Balaban J connectivity index is -0.0000000480. The summed E-state index contributed by atoms with van der Waals surface area (Å²) in [7, 11) is 0. The van der Waals surface area contributed by atoms with E-state index >= 15 is 0 Å². The van der Waals surface area contributed by atoms with Crippen LogP contribution in [0.4, 0.5) is 4.79 Å². The van der Waals surface area contributed by atoms with E-state index in [-0.39, 0.29) is 37.7 Å². The summed E-state index contributed by atoms with van der Waals surface area (Å²) in [5, 5.41) is 16.7. The molecule has 0 unspecified atom stereocenters. The van der Waals surface area contributed by atoms with Crippen molar-refractivity contribution in [2.75, 3.05) is 5.83 Å². The Labute approximate surface area is 79.8 Å². The SMILES string of the molecule is CBr.O=C([O-])[O-].[Ca+2]. The van der Waals surface area contributed by atoms with Crippen molar-refractivity contribution in [1.82, 2.24) is 0 Å². The van der Waals surface area contributed by atoms with Gasteiger partial charge in [-0.2, -0.15) is 0 Å². The zero-order valence-electron chi connectivity index (χ0n) is 3.81. The minimum Gasteiger partial charge on any atom is -0.652 e. The molecule has 0 aromatic carbocycles. The van der Waals surface area contributed by atoms with Crippen molar-refractivity contribution < 1.29 is 15.0 Å². The van der Waals surface area contributed by atoms with Crippen LogP contribution in [-0.4, -0.2) is 49.7 Å². The second-order valence-corrected chi connectivity index (χ2v) is 0.250. The summed E-state index contributed by atoms with van der Waals surface area (Å²) in [5.41, 5.74) is 0. The molecule has 7 heavy (non-hydrogen) atoms. The van der Waals surface area contributed by atoms with Gasteiger partial charge in [0.2, 0.25) is 0 Å². The quantitative estimate of drug-likeness (QED) is 0.338. The van der Waals surface area contributed by atoms with Gasteiger partial charge in [0.25, 0.3) is 0 Å². The summed E-state index contributed by atoms with van der Waals surface area (Å²) in [4.78, 5) is 8.33. The summed E-state index contributed by atoms with van der Waals surface area (Å²) in [6.45, 7) is 0. The van der Waals surface area contributed by atoms with Crippen molar-refractivity contribution in [3.8, 4) is 0 Å². The fourth-order valence-corrected chi connectivity index (χ4v) is 0. The van der Waals surface area contributed by atoms with Gasteiger partial charge in [0.05, 0.1) is 0 Å². The summed E-state index contributed by atoms with van der Waals surface area (Å²) < 4.78 is 0. The molecule has 0 spiro atoms. The van der Waals surface area contributed by atoms with Gasteiger partial charge < -0.3 is 15.0 Å². The van der Waals surface area contributed by atoms with Crippen LogP contribution in [0, 0.1) is 0 Å². The van der Waals surface area contributed by atoms with Gasteiger partial charge in [0, 0.05) is 0 Å². The molecule has 0 aliphatic rings. The molecule has 0 aromatic rings. The van der Waals surface area contributed by atoms with Gasteiger partial charge in [0.1, 0.15) is 0 Å². The smallest absolute Gasteiger partial charge is 0.652 e. The normalized spacial score (nSPS) is 4.29. The number of carbonyl (C=O) groups is 1. The zero-order chi connectivity index (χ0) is 5.58. The molecule has 0 aliphatic heterocycles. The van der Waals surface area contributed by atoms with Crippen molar-refractivity contribution in [3.63, 3.8) is 0 Å². The molecule has 0 rings (SSSR count). The third-order valence-electron chi connectivity index (χ3n) is 0. The Hall–Kier alpha value is 1.01. The standard InChI is InChI=1S/CH3Br.CH2O3.Ca/c1-2;2-1(3)4;/h1H3;(H2,2,3,4);/q;;+2/p-2. The molecule has 5 heteroatoms. The van der Waals surface area contributed by atoms with Gasteiger partial charge in [-0.1, -0.05) is 15.9 Å². The number of alkyl halides is 1. The Kier molecular flexibility index (Phi) is 35.3. The van der Waals surface area contributed by atoms with Crippen molar-refractivity contribution in [3.05, 3.63) is 0 Å². The van der Waals surface area contributed by atoms with E-state index in [0.29, 0.717) is 0 Å². The Morgan fingerprint density at radius 3 is 1.43 bits per heavy atom. The van der Waals surface area contributed by atoms with Crippen LogP contribution in [0.1, 0.15) is 0 Å². The largest absolute Gasteiger partial charge is 2.00 e. The summed E-state index contributed by atoms with van der Waals surface area (Å²) in [6.07, 6.45) is -2.33. The monoisotopic (exact) mass is 194 g/mol. The van der Waals surface area contributed by atoms with E-state index in [9.17, 15) is 0 Å². The van der Waals surface area contributed by atoms with E-state index < -0.39 is 6.16 Å². The van der Waals surface area contributed by atoms with Crippen molar-refractivity contribution in [2.45, 2.75) is 0 Å². The summed E-state index contributed by atoms with van der Waals surface area (Å²) in [6, 6.07) is 0. The summed E-state index contributed by atoms with van der Waals surface area (Å²) in [5.74, 6) is 1.81. The molecule has 0 aromatic heterocycles. The topological polar surface area (TPSA) is 63.2 Å². The number of carboxylic acid groups (broad SMARTS) is 2. The predicted molar refractivity (Wildman–Crippen MR) is 26.0 cm³/mol. The number of rotatable bonds is 0. The third-order valence-corrected chi connectivity index (χ3v) is 0. The average Bonchev–Trinajstić information content (AvgIpc) is 1.41. The van der Waals surface area contributed by atoms with Crippen LogP contribution >= 0.6 is 15.9 Å².